The van der Waals surface area contributed by atoms with Crippen LogP contribution < -0.4 is 9.62 Å². The molecule has 124 valence electrons. The summed E-state index contributed by atoms with van der Waals surface area (Å²) in [5, 5.41) is 11.9. The monoisotopic (exact) mass is 335 g/mol. The number of nitriles is 1. The second-order valence-corrected chi connectivity index (χ2v) is 7.74. The van der Waals surface area contributed by atoms with E-state index < -0.39 is 10.0 Å². The fraction of sp³-hybridized carbons (Fsp3) is 0.500. The molecule has 7 heteroatoms. The van der Waals surface area contributed by atoms with Gasteiger partial charge in [-0.3, -0.25) is 9.10 Å². The molecule has 1 N–H and O–H groups in total. The molecule has 0 spiro atoms. The number of benzene rings is 1. The Labute approximate surface area is 137 Å². The molecule has 1 saturated carbocycles. The van der Waals surface area contributed by atoms with E-state index in [2.05, 4.69) is 5.32 Å². The molecule has 0 bridgehead atoms. The van der Waals surface area contributed by atoms with Gasteiger partial charge in [0.05, 0.1) is 23.6 Å². The van der Waals surface area contributed by atoms with E-state index in [-0.39, 0.29) is 18.5 Å². The average molecular weight is 335 g/mol. The van der Waals surface area contributed by atoms with Crippen molar-refractivity contribution in [1.82, 2.24) is 5.32 Å². The highest BCUT2D eigenvalue weighted by atomic mass is 32.2. The topological polar surface area (TPSA) is 90.3 Å². The van der Waals surface area contributed by atoms with E-state index in [1.807, 2.05) is 6.07 Å². The van der Waals surface area contributed by atoms with Gasteiger partial charge >= 0.3 is 0 Å². The third-order valence-electron chi connectivity index (χ3n) is 3.92. The van der Waals surface area contributed by atoms with Gasteiger partial charge in [-0.2, -0.15) is 5.26 Å². The minimum Gasteiger partial charge on any atom is -0.352 e. The number of hydrogen-bond donors (Lipinski definition) is 1. The van der Waals surface area contributed by atoms with E-state index in [1.165, 1.54) is 12.5 Å². The Hall–Kier alpha value is -2.07. The lowest BCUT2D eigenvalue weighted by atomic mass is 9.95. The van der Waals surface area contributed by atoms with Crippen molar-refractivity contribution >= 4 is 21.6 Å². The first-order valence-corrected chi connectivity index (χ1v) is 9.52. The van der Waals surface area contributed by atoms with Crippen molar-refractivity contribution in [3.05, 3.63) is 29.8 Å². The Kier molecular flexibility index (Phi) is 5.61. The summed E-state index contributed by atoms with van der Waals surface area (Å²) >= 11 is 0. The predicted molar refractivity (Wildman–Crippen MR) is 88.4 cm³/mol. The molecule has 0 unspecified atom stereocenters. The number of hydrogen-bond acceptors (Lipinski definition) is 4. The molecule has 1 aliphatic rings. The number of nitrogens with one attached hydrogen (secondary N) is 1. The maximum atomic E-state index is 12.2. The first-order chi connectivity index (χ1) is 10.9. The van der Waals surface area contributed by atoms with Crippen molar-refractivity contribution in [3.8, 4) is 6.07 Å². The van der Waals surface area contributed by atoms with Gasteiger partial charge in [-0.05, 0) is 31.0 Å². The van der Waals surface area contributed by atoms with Gasteiger partial charge in [-0.15, -0.1) is 0 Å². The quantitative estimate of drug-likeness (QED) is 0.888. The van der Waals surface area contributed by atoms with E-state index in [4.69, 9.17) is 5.26 Å². The van der Waals surface area contributed by atoms with Crippen LogP contribution in [0.15, 0.2) is 24.3 Å². The van der Waals surface area contributed by atoms with Crippen LogP contribution in [-0.2, 0) is 14.8 Å². The number of carbonyl (C=O) groups is 1. The summed E-state index contributed by atoms with van der Waals surface area (Å²) in [6, 6.07) is 8.34. The fourth-order valence-corrected chi connectivity index (χ4v) is 3.63. The van der Waals surface area contributed by atoms with Crippen molar-refractivity contribution in [3.63, 3.8) is 0 Å². The van der Waals surface area contributed by atoms with Gasteiger partial charge in [0.1, 0.15) is 6.54 Å². The second kappa shape index (κ2) is 7.47. The summed E-state index contributed by atoms with van der Waals surface area (Å²) in [6.07, 6.45) is 6.29. The van der Waals surface area contributed by atoms with Gasteiger partial charge in [0.2, 0.25) is 15.9 Å². The number of rotatable bonds is 5. The Morgan fingerprint density at radius 2 is 2.04 bits per heavy atom. The molecule has 0 atom stereocenters. The van der Waals surface area contributed by atoms with Crippen LogP contribution in [0, 0.1) is 11.3 Å². The summed E-state index contributed by atoms with van der Waals surface area (Å²) < 4.78 is 25.1. The lowest BCUT2D eigenvalue weighted by molar-refractivity contribution is -0.120. The Morgan fingerprint density at radius 1 is 1.35 bits per heavy atom. The van der Waals surface area contributed by atoms with Crippen LogP contribution in [0.1, 0.15) is 37.7 Å². The Balaban J connectivity index is 2.13. The standard InChI is InChI=1S/C16H21N3O3S/c1-23(21,22)19(15-9-5-6-13(10-15)11-17)12-16(20)18-14-7-3-2-4-8-14/h5-6,9-10,14H,2-4,7-8,12H2,1H3,(H,18,20). The third-order valence-corrected chi connectivity index (χ3v) is 5.06. The first kappa shape index (κ1) is 17.3. The summed E-state index contributed by atoms with van der Waals surface area (Å²) in [5.74, 6) is -0.315. The van der Waals surface area contributed by atoms with E-state index in [0.29, 0.717) is 11.3 Å². The van der Waals surface area contributed by atoms with Gasteiger partial charge in [-0.25, -0.2) is 8.42 Å². The molecule has 23 heavy (non-hydrogen) atoms. The molecule has 0 saturated heterocycles. The van der Waals surface area contributed by atoms with E-state index in [1.54, 1.807) is 18.2 Å². The zero-order valence-electron chi connectivity index (χ0n) is 13.2. The predicted octanol–water partition coefficient (Wildman–Crippen LogP) is 1.77. The van der Waals surface area contributed by atoms with Gasteiger partial charge in [0, 0.05) is 6.04 Å². The Bertz CT molecular complexity index is 704. The lowest BCUT2D eigenvalue weighted by Gasteiger charge is -2.26. The van der Waals surface area contributed by atoms with Crippen LogP contribution >= 0.6 is 0 Å². The van der Waals surface area contributed by atoms with Crippen molar-refractivity contribution < 1.29 is 13.2 Å². The largest absolute Gasteiger partial charge is 0.352 e. The van der Waals surface area contributed by atoms with E-state index >= 15 is 0 Å². The van der Waals surface area contributed by atoms with Crippen molar-refractivity contribution in [2.45, 2.75) is 38.1 Å². The molecule has 2 rings (SSSR count). The van der Waals surface area contributed by atoms with Gasteiger partial charge in [0.25, 0.3) is 0 Å². The van der Waals surface area contributed by atoms with Crippen molar-refractivity contribution in [2.75, 3.05) is 17.1 Å². The van der Waals surface area contributed by atoms with Gasteiger partial charge in [0.15, 0.2) is 0 Å². The summed E-state index contributed by atoms with van der Waals surface area (Å²) in [5.41, 5.74) is 0.675. The molecular weight excluding hydrogens is 314 g/mol. The highest BCUT2D eigenvalue weighted by Crippen LogP contribution is 2.20. The van der Waals surface area contributed by atoms with Crippen LogP contribution in [0.3, 0.4) is 0 Å². The first-order valence-electron chi connectivity index (χ1n) is 7.67. The number of amides is 1. The number of anilines is 1. The normalized spacial score (nSPS) is 15.7. The molecule has 0 aromatic heterocycles. The summed E-state index contributed by atoms with van der Waals surface area (Å²) in [6.45, 7) is -0.274. The van der Waals surface area contributed by atoms with Crippen LogP contribution in [0.5, 0.6) is 0 Å². The minimum atomic E-state index is -3.62. The number of carbonyl (C=O) groups excluding carboxylic acids is 1. The zero-order valence-corrected chi connectivity index (χ0v) is 14.0. The summed E-state index contributed by atoms with van der Waals surface area (Å²) in [7, 11) is -3.62. The third kappa shape index (κ3) is 4.96. The molecule has 1 aliphatic carbocycles. The molecule has 1 aromatic carbocycles. The van der Waals surface area contributed by atoms with Crippen molar-refractivity contribution in [1.29, 1.82) is 5.26 Å². The average Bonchev–Trinajstić information content (AvgIpc) is 2.52. The Morgan fingerprint density at radius 3 is 2.65 bits per heavy atom. The molecular formula is C16H21N3O3S. The van der Waals surface area contributed by atoms with E-state index in [0.717, 1.165) is 36.2 Å². The maximum Gasteiger partial charge on any atom is 0.240 e. The molecule has 1 fully saturated rings. The maximum absolute atomic E-state index is 12.2. The molecule has 0 heterocycles. The lowest BCUT2D eigenvalue weighted by Crippen LogP contribution is -2.44. The molecule has 1 amide bonds. The minimum absolute atomic E-state index is 0.128. The molecule has 6 nitrogen and oxygen atoms in total. The highest BCUT2D eigenvalue weighted by Gasteiger charge is 2.23. The SMILES string of the molecule is CS(=O)(=O)N(CC(=O)NC1CCCCC1)c1cccc(C#N)c1. The van der Waals surface area contributed by atoms with Crippen LogP contribution in [0.4, 0.5) is 5.69 Å². The summed E-state index contributed by atoms with van der Waals surface area (Å²) in [4.78, 5) is 12.2. The smallest absolute Gasteiger partial charge is 0.240 e. The highest BCUT2D eigenvalue weighted by molar-refractivity contribution is 7.92. The molecule has 1 aromatic rings. The number of nitrogens with zero attached hydrogens (tertiary/aromatic N) is 2. The van der Waals surface area contributed by atoms with Gasteiger partial charge < -0.3 is 5.32 Å². The van der Waals surface area contributed by atoms with Crippen LogP contribution in [0.2, 0.25) is 0 Å². The van der Waals surface area contributed by atoms with Gasteiger partial charge in [-0.1, -0.05) is 25.3 Å². The molecule has 0 radical (unpaired) electrons. The van der Waals surface area contributed by atoms with Crippen LogP contribution in [-0.4, -0.2) is 33.2 Å². The van der Waals surface area contributed by atoms with E-state index in [9.17, 15) is 13.2 Å². The van der Waals surface area contributed by atoms with Crippen LogP contribution in [0.25, 0.3) is 0 Å². The fourth-order valence-electron chi connectivity index (χ4n) is 2.78. The number of sulfonamides is 1. The van der Waals surface area contributed by atoms with Crippen molar-refractivity contribution in [2.24, 2.45) is 0 Å². The second-order valence-electron chi connectivity index (χ2n) is 5.83. The molecule has 0 aliphatic heterocycles. The zero-order chi connectivity index (χ0) is 16.9.